The molecule has 1 aromatic heterocycles. The second kappa shape index (κ2) is 7.78. The van der Waals surface area contributed by atoms with Crippen molar-refractivity contribution in [1.82, 2.24) is 10.3 Å². The predicted octanol–water partition coefficient (Wildman–Crippen LogP) is 3.32. The van der Waals surface area contributed by atoms with Gasteiger partial charge in [-0.25, -0.2) is 4.79 Å². The number of carbonyl (C=O) groups is 2. The number of carbonyl (C=O) groups excluding carboxylic acids is 2. The highest BCUT2D eigenvalue weighted by atomic mass is 16.5. The van der Waals surface area contributed by atoms with E-state index < -0.39 is 5.97 Å². The topological polar surface area (TPSA) is 68.3 Å². The number of pyridine rings is 1. The quantitative estimate of drug-likeness (QED) is 0.718. The average Bonchev–Trinajstić information content (AvgIpc) is 2.65. The van der Waals surface area contributed by atoms with Gasteiger partial charge < -0.3 is 10.1 Å². The zero-order chi connectivity index (χ0) is 18.5. The first kappa shape index (κ1) is 17.6. The monoisotopic (exact) mass is 348 g/mol. The summed E-state index contributed by atoms with van der Waals surface area (Å²) in [5, 5.41) is 3.63. The van der Waals surface area contributed by atoms with E-state index >= 15 is 0 Å². The maximum Gasteiger partial charge on any atom is 0.340 e. The summed E-state index contributed by atoms with van der Waals surface area (Å²) in [7, 11) is 0. The minimum atomic E-state index is -0.534. The molecule has 0 aliphatic heterocycles. The number of nitrogens with zero attached hydrogens (tertiary/aromatic N) is 1. The average molecular weight is 348 g/mol. The molecule has 26 heavy (non-hydrogen) atoms. The van der Waals surface area contributed by atoms with Crippen molar-refractivity contribution in [3.8, 4) is 0 Å². The number of amides is 1. The molecule has 132 valence electrons. The van der Waals surface area contributed by atoms with Gasteiger partial charge in [0.1, 0.15) is 0 Å². The summed E-state index contributed by atoms with van der Waals surface area (Å²) in [6.07, 6.45) is 0. The van der Waals surface area contributed by atoms with E-state index in [-0.39, 0.29) is 12.5 Å². The maximum atomic E-state index is 12.5. The van der Waals surface area contributed by atoms with Gasteiger partial charge in [-0.1, -0.05) is 48.5 Å². The highest BCUT2D eigenvalue weighted by Crippen LogP contribution is 2.23. The first-order chi connectivity index (χ1) is 12.6. The molecule has 0 aliphatic rings. The first-order valence-electron chi connectivity index (χ1n) is 8.40. The van der Waals surface area contributed by atoms with E-state index in [0.717, 1.165) is 22.0 Å². The lowest BCUT2D eigenvalue weighted by Crippen LogP contribution is -2.28. The summed E-state index contributed by atoms with van der Waals surface area (Å²) in [6.45, 7) is 3.71. The fraction of sp³-hybridized carbons (Fsp3) is 0.190. The molecule has 3 rings (SSSR count). The molecule has 3 aromatic rings. The Bertz CT molecular complexity index is 952. The number of para-hydroxylation sites is 1. The Hall–Kier alpha value is -3.21. The molecule has 0 bridgehead atoms. The fourth-order valence-corrected chi connectivity index (χ4v) is 2.88. The van der Waals surface area contributed by atoms with Crippen molar-refractivity contribution in [1.29, 1.82) is 0 Å². The smallest absolute Gasteiger partial charge is 0.340 e. The number of hydrogen-bond donors (Lipinski definition) is 1. The molecule has 5 heteroatoms. The molecule has 0 radical (unpaired) electrons. The largest absolute Gasteiger partial charge is 0.452 e. The van der Waals surface area contributed by atoms with Gasteiger partial charge in [0.25, 0.3) is 5.91 Å². The Morgan fingerprint density at radius 2 is 1.69 bits per heavy atom. The van der Waals surface area contributed by atoms with Crippen LogP contribution in [0, 0.1) is 13.8 Å². The Labute approximate surface area is 152 Å². The van der Waals surface area contributed by atoms with E-state index in [9.17, 15) is 9.59 Å². The van der Waals surface area contributed by atoms with Crippen molar-refractivity contribution in [2.24, 2.45) is 0 Å². The molecule has 0 saturated carbocycles. The van der Waals surface area contributed by atoms with Crippen LogP contribution in [0.4, 0.5) is 0 Å². The van der Waals surface area contributed by atoms with E-state index in [1.54, 1.807) is 6.92 Å². The fourth-order valence-electron chi connectivity index (χ4n) is 2.88. The molecule has 1 heterocycles. The molecule has 1 N–H and O–H groups in total. The maximum absolute atomic E-state index is 12.5. The van der Waals surface area contributed by atoms with Gasteiger partial charge in [-0.05, 0) is 31.0 Å². The van der Waals surface area contributed by atoms with Gasteiger partial charge in [0.2, 0.25) is 0 Å². The van der Waals surface area contributed by atoms with Gasteiger partial charge in [-0.2, -0.15) is 0 Å². The van der Waals surface area contributed by atoms with Crippen LogP contribution in [0.15, 0.2) is 54.6 Å². The molecule has 0 saturated heterocycles. The van der Waals surface area contributed by atoms with Crippen molar-refractivity contribution in [2.45, 2.75) is 20.4 Å². The third-order valence-corrected chi connectivity index (χ3v) is 4.20. The minimum absolute atomic E-state index is 0.322. The first-order valence-corrected chi connectivity index (χ1v) is 8.40. The van der Waals surface area contributed by atoms with Crippen LogP contribution in [0.1, 0.15) is 27.2 Å². The number of fused-ring (bicyclic) bond motifs is 1. The van der Waals surface area contributed by atoms with Gasteiger partial charge in [-0.3, -0.25) is 9.78 Å². The van der Waals surface area contributed by atoms with Crippen molar-refractivity contribution < 1.29 is 14.3 Å². The molecule has 0 atom stereocenters. The van der Waals surface area contributed by atoms with Gasteiger partial charge in [-0.15, -0.1) is 0 Å². The van der Waals surface area contributed by atoms with Crippen LogP contribution in [0.25, 0.3) is 10.9 Å². The molecule has 0 unspecified atom stereocenters. The number of ether oxygens (including phenoxy) is 1. The van der Waals surface area contributed by atoms with Gasteiger partial charge >= 0.3 is 5.97 Å². The van der Waals surface area contributed by atoms with Gasteiger partial charge in [0.15, 0.2) is 6.61 Å². The zero-order valence-corrected chi connectivity index (χ0v) is 14.8. The number of aromatic nitrogens is 1. The van der Waals surface area contributed by atoms with Crippen LogP contribution in [-0.2, 0) is 16.1 Å². The zero-order valence-electron chi connectivity index (χ0n) is 14.8. The number of nitrogens with one attached hydrogen (secondary N) is 1. The summed E-state index contributed by atoms with van der Waals surface area (Å²) in [5.41, 5.74) is 3.63. The Kier molecular flexibility index (Phi) is 5.27. The summed E-state index contributed by atoms with van der Waals surface area (Å²) in [5.74, 6) is -0.876. The third-order valence-electron chi connectivity index (χ3n) is 4.20. The molecule has 5 nitrogen and oxygen atoms in total. The van der Waals surface area contributed by atoms with Crippen molar-refractivity contribution >= 4 is 22.8 Å². The molecule has 0 aliphatic carbocycles. The summed E-state index contributed by atoms with van der Waals surface area (Å²) >= 11 is 0. The summed E-state index contributed by atoms with van der Waals surface area (Å²) < 4.78 is 5.20. The Morgan fingerprint density at radius 3 is 2.46 bits per heavy atom. The van der Waals surface area contributed by atoms with Crippen LogP contribution in [0.2, 0.25) is 0 Å². The van der Waals surface area contributed by atoms with Crippen LogP contribution >= 0.6 is 0 Å². The van der Waals surface area contributed by atoms with Crippen molar-refractivity contribution in [3.63, 3.8) is 0 Å². The van der Waals surface area contributed by atoms with Crippen LogP contribution < -0.4 is 5.32 Å². The molecule has 0 spiro atoms. The lowest BCUT2D eigenvalue weighted by atomic mass is 10.0. The van der Waals surface area contributed by atoms with E-state index in [4.69, 9.17) is 4.74 Å². The molecular weight excluding hydrogens is 328 g/mol. The van der Waals surface area contributed by atoms with E-state index in [1.165, 1.54) is 0 Å². The summed E-state index contributed by atoms with van der Waals surface area (Å²) in [6, 6.07) is 17.2. The molecular formula is C21H20N2O3. The second-order valence-electron chi connectivity index (χ2n) is 6.05. The van der Waals surface area contributed by atoms with Crippen LogP contribution in [0.5, 0.6) is 0 Å². The highest BCUT2D eigenvalue weighted by molar-refractivity contribution is 5.99. The number of benzene rings is 2. The summed E-state index contributed by atoms with van der Waals surface area (Å²) in [4.78, 5) is 28.9. The highest BCUT2D eigenvalue weighted by Gasteiger charge is 2.18. The van der Waals surface area contributed by atoms with E-state index in [0.29, 0.717) is 17.8 Å². The van der Waals surface area contributed by atoms with Crippen LogP contribution in [-0.4, -0.2) is 23.5 Å². The Balaban J connectivity index is 1.65. The normalized spacial score (nSPS) is 10.5. The minimum Gasteiger partial charge on any atom is -0.452 e. The SMILES string of the molecule is Cc1nc2ccccc2c(C)c1C(=O)OCC(=O)NCc1ccccc1. The lowest BCUT2D eigenvalue weighted by molar-refractivity contribution is -0.124. The van der Waals surface area contributed by atoms with Crippen molar-refractivity contribution in [2.75, 3.05) is 6.61 Å². The third kappa shape index (κ3) is 3.88. The second-order valence-corrected chi connectivity index (χ2v) is 6.05. The molecule has 2 aromatic carbocycles. The number of hydrogen-bond acceptors (Lipinski definition) is 4. The Morgan fingerprint density at radius 1 is 1.00 bits per heavy atom. The molecule has 0 fully saturated rings. The number of rotatable bonds is 5. The van der Waals surface area contributed by atoms with Crippen LogP contribution in [0.3, 0.4) is 0 Å². The van der Waals surface area contributed by atoms with Gasteiger partial charge in [0, 0.05) is 11.9 Å². The number of esters is 1. The van der Waals surface area contributed by atoms with E-state index in [1.807, 2.05) is 61.5 Å². The lowest BCUT2D eigenvalue weighted by Gasteiger charge is -2.12. The number of aryl methyl sites for hydroxylation is 2. The van der Waals surface area contributed by atoms with Gasteiger partial charge in [0.05, 0.1) is 16.8 Å². The predicted molar refractivity (Wildman–Crippen MR) is 99.8 cm³/mol. The molecule has 1 amide bonds. The van der Waals surface area contributed by atoms with Crippen molar-refractivity contribution in [3.05, 3.63) is 77.0 Å². The van der Waals surface area contributed by atoms with E-state index in [2.05, 4.69) is 10.3 Å². The standard InChI is InChI=1S/C21H20N2O3/c1-14-17-10-6-7-11-18(17)23-15(2)20(14)21(25)26-13-19(24)22-12-16-8-4-3-5-9-16/h3-11H,12-13H2,1-2H3,(H,22,24).